The van der Waals surface area contributed by atoms with Crippen LogP contribution in [0.3, 0.4) is 0 Å². The van der Waals surface area contributed by atoms with Crippen molar-refractivity contribution < 1.29 is 23.8 Å². The number of pyridine rings is 1. The molecule has 98 valence electrons. The van der Waals surface area contributed by atoms with E-state index in [4.69, 9.17) is 5.11 Å². The molecule has 1 aromatic heterocycles. The van der Waals surface area contributed by atoms with Crippen LogP contribution in [0.5, 0.6) is 0 Å². The van der Waals surface area contributed by atoms with E-state index in [-0.39, 0.29) is 17.9 Å². The predicted molar refractivity (Wildman–Crippen MR) is 60.3 cm³/mol. The Morgan fingerprint density at radius 2 is 2.06 bits per heavy atom. The lowest BCUT2D eigenvalue weighted by Crippen LogP contribution is -2.30. The average Bonchev–Trinajstić information content (AvgIpc) is 2.25. The number of esters is 1. The summed E-state index contributed by atoms with van der Waals surface area (Å²) in [5.41, 5.74) is -1.15. The molecule has 1 rings (SSSR count). The zero-order chi connectivity index (χ0) is 13.9. The number of carbonyl (C=O) groups excluding carboxylic acids is 1. The van der Waals surface area contributed by atoms with E-state index in [9.17, 15) is 14.0 Å². The molecule has 0 fully saturated rings. The van der Waals surface area contributed by atoms with Crippen LogP contribution >= 0.6 is 0 Å². The number of ether oxygens (including phenoxy) is 1. The molecular formula is C12H14FNO4. The standard InChI is InChI=1S/C12H14FNO4/c1-7(15)18-6-8-4-5-9(10(13)14-8)12(2,3)11(16)17/h4-5H,6H2,1-3H3,(H,16,17). The number of aliphatic carboxylic acids is 1. The smallest absolute Gasteiger partial charge is 0.313 e. The van der Waals surface area contributed by atoms with Crippen molar-refractivity contribution in [1.82, 2.24) is 4.98 Å². The second-order valence-electron chi connectivity index (χ2n) is 4.35. The highest BCUT2D eigenvalue weighted by Crippen LogP contribution is 2.25. The van der Waals surface area contributed by atoms with Gasteiger partial charge in [0.05, 0.1) is 11.1 Å². The van der Waals surface area contributed by atoms with Gasteiger partial charge in [-0.3, -0.25) is 9.59 Å². The first-order valence-corrected chi connectivity index (χ1v) is 5.28. The van der Waals surface area contributed by atoms with E-state index in [0.717, 1.165) is 0 Å². The Hall–Kier alpha value is -1.98. The quantitative estimate of drug-likeness (QED) is 0.653. The molecule has 0 radical (unpaired) electrons. The Kier molecular flexibility index (Phi) is 4.00. The molecule has 0 aliphatic heterocycles. The van der Waals surface area contributed by atoms with Crippen LogP contribution in [-0.4, -0.2) is 22.0 Å². The van der Waals surface area contributed by atoms with Gasteiger partial charge in [0.1, 0.15) is 6.61 Å². The third kappa shape index (κ3) is 3.03. The first-order valence-electron chi connectivity index (χ1n) is 5.28. The first-order chi connectivity index (χ1) is 8.25. The van der Waals surface area contributed by atoms with E-state index >= 15 is 0 Å². The van der Waals surface area contributed by atoms with E-state index in [1.54, 1.807) is 0 Å². The molecular weight excluding hydrogens is 241 g/mol. The Bertz CT molecular complexity index is 485. The normalized spacial score (nSPS) is 11.1. The highest BCUT2D eigenvalue weighted by Gasteiger charge is 2.32. The molecule has 18 heavy (non-hydrogen) atoms. The number of halogens is 1. The molecule has 1 heterocycles. The van der Waals surface area contributed by atoms with Gasteiger partial charge >= 0.3 is 11.9 Å². The fourth-order valence-electron chi connectivity index (χ4n) is 1.31. The second-order valence-corrected chi connectivity index (χ2v) is 4.35. The predicted octanol–water partition coefficient (Wildman–Crippen LogP) is 1.65. The van der Waals surface area contributed by atoms with Gasteiger partial charge < -0.3 is 9.84 Å². The third-order valence-electron chi connectivity index (χ3n) is 2.54. The maximum absolute atomic E-state index is 13.7. The molecule has 0 aliphatic carbocycles. The van der Waals surface area contributed by atoms with Crippen molar-refractivity contribution in [2.45, 2.75) is 32.8 Å². The summed E-state index contributed by atoms with van der Waals surface area (Å²) in [6.07, 6.45) is 0. The molecule has 1 N–H and O–H groups in total. The van der Waals surface area contributed by atoms with Gasteiger partial charge in [0.15, 0.2) is 0 Å². The molecule has 0 aliphatic rings. The topological polar surface area (TPSA) is 76.5 Å². The van der Waals surface area contributed by atoms with Crippen molar-refractivity contribution in [1.29, 1.82) is 0 Å². The van der Waals surface area contributed by atoms with Crippen molar-refractivity contribution in [3.8, 4) is 0 Å². The van der Waals surface area contributed by atoms with Gasteiger partial charge in [0, 0.05) is 12.5 Å². The van der Waals surface area contributed by atoms with Crippen LogP contribution in [0.25, 0.3) is 0 Å². The van der Waals surface area contributed by atoms with E-state index in [1.807, 2.05) is 0 Å². The molecule has 0 bridgehead atoms. The summed E-state index contributed by atoms with van der Waals surface area (Å²) in [5, 5.41) is 9.00. The molecule has 0 amide bonds. The number of nitrogens with zero attached hydrogens (tertiary/aromatic N) is 1. The van der Waals surface area contributed by atoms with Crippen LogP contribution in [0, 0.1) is 5.95 Å². The number of hydrogen-bond acceptors (Lipinski definition) is 4. The Morgan fingerprint density at radius 3 is 2.50 bits per heavy atom. The first kappa shape index (κ1) is 14.1. The highest BCUT2D eigenvalue weighted by atomic mass is 19.1. The van der Waals surface area contributed by atoms with Crippen LogP contribution in [0.4, 0.5) is 4.39 Å². The number of carboxylic acids is 1. The lowest BCUT2D eigenvalue weighted by atomic mass is 9.85. The second kappa shape index (κ2) is 5.12. The lowest BCUT2D eigenvalue weighted by molar-refractivity contribution is -0.143. The summed E-state index contributed by atoms with van der Waals surface area (Å²) in [6.45, 7) is 3.88. The van der Waals surface area contributed by atoms with E-state index in [1.165, 1.54) is 32.9 Å². The minimum atomic E-state index is -1.36. The Labute approximate surface area is 104 Å². The van der Waals surface area contributed by atoms with Gasteiger partial charge in [-0.05, 0) is 19.9 Å². The van der Waals surface area contributed by atoms with E-state index in [2.05, 4.69) is 9.72 Å². The van der Waals surface area contributed by atoms with Crippen molar-refractivity contribution in [2.24, 2.45) is 0 Å². The fourth-order valence-corrected chi connectivity index (χ4v) is 1.31. The summed E-state index contributed by atoms with van der Waals surface area (Å²) in [5.74, 6) is -2.50. The van der Waals surface area contributed by atoms with Crippen LogP contribution in [0.1, 0.15) is 32.0 Å². The van der Waals surface area contributed by atoms with E-state index in [0.29, 0.717) is 0 Å². The summed E-state index contributed by atoms with van der Waals surface area (Å²) < 4.78 is 18.4. The molecule has 0 saturated carbocycles. The van der Waals surface area contributed by atoms with Crippen molar-refractivity contribution in [3.05, 3.63) is 29.3 Å². The molecule has 6 heteroatoms. The molecule has 5 nitrogen and oxygen atoms in total. The maximum Gasteiger partial charge on any atom is 0.313 e. The molecule has 1 aromatic rings. The molecule has 0 saturated heterocycles. The number of aromatic nitrogens is 1. The van der Waals surface area contributed by atoms with Crippen molar-refractivity contribution in [2.75, 3.05) is 0 Å². The van der Waals surface area contributed by atoms with Crippen LogP contribution in [0.2, 0.25) is 0 Å². The number of carboxylic acid groups (broad SMARTS) is 1. The summed E-state index contributed by atoms with van der Waals surface area (Å²) in [6, 6.07) is 2.78. The van der Waals surface area contributed by atoms with Gasteiger partial charge in [-0.25, -0.2) is 4.98 Å². The van der Waals surface area contributed by atoms with Crippen LogP contribution in [0.15, 0.2) is 12.1 Å². The summed E-state index contributed by atoms with van der Waals surface area (Å²) >= 11 is 0. The number of hydrogen-bond donors (Lipinski definition) is 1. The van der Waals surface area contributed by atoms with Gasteiger partial charge in [-0.15, -0.1) is 0 Å². The van der Waals surface area contributed by atoms with Crippen molar-refractivity contribution in [3.63, 3.8) is 0 Å². The largest absolute Gasteiger partial charge is 0.481 e. The summed E-state index contributed by atoms with van der Waals surface area (Å²) in [7, 11) is 0. The third-order valence-corrected chi connectivity index (χ3v) is 2.54. The minimum Gasteiger partial charge on any atom is -0.481 e. The highest BCUT2D eigenvalue weighted by molar-refractivity contribution is 5.80. The Morgan fingerprint density at radius 1 is 1.44 bits per heavy atom. The Balaban J connectivity index is 2.99. The van der Waals surface area contributed by atoms with E-state index < -0.39 is 23.3 Å². The summed E-state index contributed by atoms with van der Waals surface area (Å²) in [4.78, 5) is 25.2. The maximum atomic E-state index is 13.7. The lowest BCUT2D eigenvalue weighted by Gasteiger charge is -2.19. The zero-order valence-electron chi connectivity index (χ0n) is 10.4. The molecule has 0 spiro atoms. The van der Waals surface area contributed by atoms with Gasteiger partial charge in [0.2, 0.25) is 5.95 Å². The molecule has 0 aromatic carbocycles. The van der Waals surface area contributed by atoms with Gasteiger partial charge in [-0.2, -0.15) is 4.39 Å². The van der Waals surface area contributed by atoms with Gasteiger partial charge in [-0.1, -0.05) is 6.07 Å². The monoisotopic (exact) mass is 255 g/mol. The minimum absolute atomic E-state index is 0.0124. The fraction of sp³-hybridized carbons (Fsp3) is 0.417. The van der Waals surface area contributed by atoms with Crippen LogP contribution < -0.4 is 0 Å². The van der Waals surface area contributed by atoms with Crippen molar-refractivity contribution >= 4 is 11.9 Å². The number of rotatable bonds is 4. The number of carbonyl (C=O) groups is 2. The zero-order valence-corrected chi connectivity index (χ0v) is 10.4. The van der Waals surface area contributed by atoms with Gasteiger partial charge in [0.25, 0.3) is 0 Å². The molecule has 0 atom stereocenters. The average molecular weight is 255 g/mol. The molecule has 0 unspecified atom stereocenters. The SMILES string of the molecule is CC(=O)OCc1ccc(C(C)(C)C(=O)O)c(F)n1. The van der Waals surface area contributed by atoms with Crippen LogP contribution in [-0.2, 0) is 26.3 Å².